The van der Waals surface area contributed by atoms with E-state index in [0.717, 1.165) is 23.1 Å². The highest BCUT2D eigenvalue weighted by atomic mass is 16.3. The van der Waals surface area contributed by atoms with Crippen molar-refractivity contribution < 1.29 is 10.2 Å². The van der Waals surface area contributed by atoms with Gasteiger partial charge in [-0.3, -0.25) is 0 Å². The van der Waals surface area contributed by atoms with E-state index in [-0.39, 0.29) is 10.8 Å². The van der Waals surface area contributed by atoms with Crippen molar-refractivity contribution in [3.05, 3.63) is 57.6 Å². The Hall–Kier alpha value is -1.96. The Morgan fingerprint density at radius 1 is 0.720 bits per heavy atom. The molecule has 2 nitrogen and oxygen atoms in total. The fourth-order valence-electron chi connectivity index (χ4n) is 3.43. The van der Waals surface area contributed by atoms with Crippen molar-refractivity contribution in [2.75, 3.05) is 0 Å². The first-order chi connectivity index (χ1) is 11.3. The first-order valence-electron chi connectivity index (χ1n) is 8.96. The molecule has 0 unspecified atom stereocenters. The quantitative estimate of drug-likeness (QED) is 0.714. The normalized spacial score (nSPS) is 12.5. The molecule has 0 fully saturated rings. The summed E-state index contributed by atoms with van der Waals surface area (Å²) in [4.78, 5) is 0. The van der Waals surface area contributed by atoms with Crippen LogP contribution in [0.4, 0.5) is 0 Å². The summed E-state index contributed by atoms with van der Waals surface area (Å²) in [6, 6.07) is 7.92. The summed E-state index contributed by atoms with van der Waals surface area (Å²) in [5, 5.41) is 20.5. The van der Waals surface area contributed by atoms with Crippen molar-refractivity contribution in [1.29, 1.82) is 0 Å². The molecule has 2 N–H and O–H groups in total. The van der Waals surface area contributed by atoms with Gasteiger partial charge in [0.25, 0.3) is 0 Å². The number of benzene rings is 2. The van der Waals surface area contributed by atoms with Crippen molar-refractivity contribution in [2.24, 2.45) is 0 Å². The zero-order valence-corrected chi connectivity index (χ0v) is 16.9. The monoisotopic (exact) mass is 340 g/mol. The van der Waals surface area contributed by atoms with Crippen molar-refractivity contribution in [3.63, 3.8) is 0 Å². The minimum absolute atomic E-state index is 0.0440. The Kier molecular flexibility index (Phi) is 4.96. The van der Waals surface area contributed by atoms with Gasteiger partial charge in [0.15, 0.2) is 0 Å². The molecule has 25 heavy (non-hydrogen) atoms. The summed E-state index contributed by atoms with van der Waals surface area (Å²) < 4.78 is 0. The van der Waals surface area contributed by atoms with Gasteiger partial charge in [-0.25, -0.2) is 0 Å². The third-order valence-electron chi connectivity index (χ3n) is 4.81. The summed E-state index contributed by atoms with van der Waals surface area (Å²) in [6.07, 6.45) is 0.795. The summed E-state index contributed by atoms with van der Waals surface area (Å²) in [6.45, 7) is 16.9. The van der Waals surface area contributed by atoms with E-state index in [2.05, 4.69) is 60.6 Å². The van der Waals surface area contributed by atoms with Crippen molar-refractivity contribution in [1.82, 2.24) is 0 Å². The van der Waals surface area contributed by atoms with E-state index in [1.165, 1.54) is 16.7 Å². The highest BCUT2D eigenvalue weighted by molar-refractivity contribution is 5.50. The van der Waals surface area contributed by atoms with Gasteiger partial charge in [-0.05, 0) is 76.6 Å². The van der Waals surface area contributed by atoms with Gasteiger partial charge in [-0.15, -0.1) is 0 Å². The number of hydrogen-bond donors (Lipinski definition) is 2. The summed E-state index contributed by atoms with van der Waals surface area (Å²) in [5.74, 6) is 0.721. The maximum Gasteiger partial charge on any atom is 0.122 e. The maximum absolute atomic E-state index is 10.5. The number of aromatic hydroxyl groups is 2. The minimum Gasteiger partial charge on any atom is -0.508 e. The van der Waals surface area contributed by atoms with Crippen LogP contribution in [0.1, 0.15) is 74.9 Å². The van der Waals surface area contributed by atoms with Gasteiger partial charge in [0.2, 0.25) is 0 Å². The van der Waals surface area contributed by atoms with Crippen LogP contribution in [0.3, 0.4) is 0 Å². The molecule has 0 amide bonds. The van der Waals surface area contributed by atoms with Crippen LogP contribution in [0.2, 0.25) is 0 Å². The lowest BCUT2D eigenvalue weighted by atomic mass is 9.79. The first kappa shape index (κ1) is 19.4. The average molecular weight is 341 g/mol. The lowest BCUT2D eigenvalue weighted by Crippen LogP contribution is -2.16. The van der Waals surface area contributed by atoms with Crippen LogP contribution in [0.15, 0.2) is 24.3 Å². The fraction of sp³-hybridized carbons (Fsp3) is 0.478. The highest BCUT2D eigenvalue weighted by Crippen LogP contribution is 2.37. The van der Waals surface area contributed by atoms with E-state index in [1.807, 2.05) is 19.1 Å². The highest BCUT2D eigenvalue weighted by Gasteiger charge is 2.23. The smallest absolute Gasteiger partial charge is 0.122 e. The molecule has 0 aliphatic rings. The van der Waals surface area contributed by atoms with E-state index < -0.39 is 0 Å². The van der Waals surface area contributed by atoms with Crippen LogP contribution in [-0.4, -0.2) is 10.2 Å². The molecule has 0 atom stereocenters. The summed E-state index contributed by atoms with van der Waals surface area (Å²) >= 11 is 0. The second kappa shape index (κ2) is 6.40. The molecule has 0 aromatic heterocycles. The second-order valence-electron chi connectivity index (χ2n) is 9.27. The standard InChI is InChI=1S/C23H32O2/c1-14-10-17(24)13-19(22(3,4)5)18(14)11-16-9-15(2)21(25)20(12-16)23(6,7)8/h9-10,12-13,24-25H,11H2,1-8H3. The van der Waals surface area contributed by atoms with E-state index >= 15 is 0 Å². The van der Waals surface area contributed by atoms with E-state index in [9.17, 15) is 10.2 Å². The molecule has 2 aromatic rings. The Morgan fingerprint density at radius 2 is 1.28 bits per heavy atom. The van der Waals surface area contributed by atoms with Gasteiger partial charge in [0.1, 0.15) is 11.5 Å². The lowest BCUT2D eigenvalue weighted by molar-refractivity contribution is 0.442. The predicted molar refractivity (Wildman–Crippen MR) is 106 cm³/mol. The molecule has 2 aromatic carbocycles. The maximum atomic E-state index is 10.5. The van der Waals surface area contributed by atoms with Gasteiger partial charge in [-0.2, -0.15) is 0 Å². The predicted octanol–water partition coefficient (Wildman–Crippen LogP) is 5.90. The summed E-state index contributed by atoms with van der Waals surface area (Å²) in [7, 11) is 0. The minimum atomic E-state index is -0.109. The van der Waals surface area contributed by atoms with Gasteiger partial charge in [-0.1, -0.05) is 53.7 Å². The Balaban J connectivity index is 2.60. The fourth-order valence-corrected chi connectivity index (χ4v) is 3.43. The SMILES string of the molecule is Cc1cc(Cc2c(C)cc(O)cc2C(C)(C)C)cc(C(C)(C)C)c1O. The molecule has 0 radical (unpaired) electrons. The molecule has 0 aliphatic carbocycles. The lowest BCUT2D eigenvalue weighted by Gasteiger charge is -2.26. The Bertz CT molecular complexity index is 787. The van der Waals surface area contributed by atoms with Crippen molar-refractivity contribution >= 4 is 0 Å². The molecular formula is C23H32O2. The molecule has 2 rings (SSSR count). The molecule has 0 saturated heterocycles. The first-order valence-corrected chi connectivity index (χ1v) is 8.96. The van der Waals surface area contributed by atoms with Crippen LogP contribution >= 0.6 is 0 Å². The number of rotatable bonds is 2. The molecular weight excluding hydrogens is 308 g/mol. The van der Waals surface area contributed by atoms with Crippen LogP contribution in [0, 0.1) is 13.8 Å². The Morgan fingerprint density at radius 3 is 1.80 bits per heavy atom. The second-order valence-corrected chi connectivity index (χ2v) is 9.27. The van der Waals surface area contributed by atoms with Gasteiger partial charge >= 0.3 is 0 Å². The van der Waals surface area contributed by atoms with Crippen LogP contribution in [0.25, 0.3) is 0 Å². The van der Waals surface area contributed by atoms with Gasteiger partial charge < -0.3 is 10.2 Å². The zero-order valence-electron chi connectivity index (χ0n) is 16.9. The van der Waals surface area contributed by atoms with E-state index in [0.29, 0.717) is 11.5 Å². The third kappa shape index (κ3) is 4.18. The summed E-state index contributed by atoms with van der Waals surface area (Å²) in [5.41, 5.74) is 6.47. The van der Waals surface area contributed by atoms with Gasteiger partial charge in [0, 0.05) is 0 Å². The number of phenols is 2. The Labute approximate surface area is 152 Å². The molecule has 0 aliphatic heterocycles. The average Bonchev–Trinajstić information content (AvgIpc) is 2.42. The molecule has 0 saturated carbocycles. The third-order valence-corrected chi connectivity index (χ3v) is 4.81. The number of hydrogen-bond acceptors (Lipinski definition) is 2. The van der Waals surface area contributed by atoms with Crippen LogP contribution in [-0.2, 0) is 17.3 Å². The molecule has 136 valence electrons. The van der Waals surface area contributed by atoms with Gasteiger partial charge in [0.05, 0.1) is 0 Å². The van der Waals surface area contributed by atoms with Crippen molar-refractivity contribution in [2.45, 2.75) is 72.6 Å². The molecule has 2 heteroatoms. The van der Waals surface area contributed by atoms with Crippen LogP contribution in [0.5, 0.6) is 11.5 Å². The topological polar surface area (TPSA) is 40.5 Å². The number of phenolic OH excluding ortho intramolecular Hbond substituents is 2. The number of aryl methyl sites for hydroxylation is 2. The zero-order chi connectivity index (χ0) is 19.2. The van der Waals surface area contributed by atoms with Crippen LogP contribution < -0.4 is 0 Å². The van der Waals surface area contributed by atoms with E-state index in [1.54, 1.807) is 0 Å². The van der Waals surface area contributed by atoms with Crippen molar-refractivity contribution in [3.8, 4) is 11.5 Å². The van der Waals surface area contributed by atoms with E-state index in [4.69, 9.17) is 0 Å². The molecule has 0 spiro atoms. The molecule has 0 bridgehead atoms. The largest absolute Gasteiger partial charge is 0.508 e. The molecule has 0 heterocycles.